The van der Waals surface area contributed by atoms with Crippen LogP contribution in [0.3, 0.4) is 0 Å². The number of nitrogens with zero attached hydrogens (tertiary/aromatic N) is 3. The van der Waals surface area contributed by atoms with E-state index in [9.17, 15) is 8.42 Å². The Kier molecular flexibility index (Phi) is 3.48. The number of sulfonamides is 1. The van der Waals surface area contributed by atoms with Crippen molar-refractivity contribution < 1.29 is 8.42 Å². The number of aryl methyl sites for hydroxylation is 1. The highest BCUT2D eigenvalue weighted by Crippen LogP contribution is 2.10. The Morgan fingerprint density at radius 3 is 2.89 bits per heavy atom. The van der Waals surface area contributed by atoms with E-state index in [4.69, 9.17) is 5.26 Å². The fourth-order valence-corrected chi connectivity index (χ4v) is 2.57. The summed E-state index contributed by atoms with van der Waals surface area (Å²) in [5.74, 6) is 0.286. The maximum Gasteiger partial charge on any atom is 0.255 e. The van der Waals surface area contributed by atoms with Crippen molar-refractivity contribution in [2.45, 2.75) is 12.7 Å². The van der Waals surface area contributed by atoms with Crippen LogP contribution in [0.15, 0.2) is 24.3 Å². The van der Waals surface area contributed by atoms with Gasteiger partial charge in [0.1, 0.15) is 5.82 Å². The molecular weight excluding hydrogens is 266 g/mol. The highest BCUT2D eigenvalue weighted by molar-refractivity contribution is 7.91. The Morgan fingerprint density at radius 1 is 1.47 bits per heavy atom. The lowest BCUT2D eigenvalue weighted by Gasteiger charge is -2.04. The summed E-state index contributed by atoms with van der Waals surface area (Å²) in [6.07, 6.45) is 0. The minimum atomic E-state index is -3.60. The number of benzene rings is 1. The van der Waals surface area contributed by atoms with Gasteiger partial charge in [-0.25, -0.2) is 13.1 Å². The second kappa shape index (κ2) is 5.07. The maximum atomic E-state index is 11.9. The van der Waals surface area contributed by atoms with Gasteiger partial charge in [-0.05, 0) is 24.6 Å². The zero-order valence-corrected chi connectivity index (χ0v) is 10.9. The largest absolute Gasteiger partial charge is 0.261 e. The maximum absolute atomic E-state index is 11.9. The molecule has 2 N–H and O–H groups in total. The van der Waals surface area contributed by atoms with Crippen molar-refractivity contribution in [2.24, 2.45) is 0 Å². The highest BCUT2D eigenvalue weighted by Gasteiger charge is 2.14. The number of nitrogens with one attached hydrogen (secondary N) is 2. The first-order chi connectivity index (χ1) is 8.98. The number of hydrogen-bond donors (Lipinski definition) is 2. The van der Waals surface area contributed by atoms with Crippen molar-refractivity contribution in [3.05, 3.63) is 41.2 Å². The molecule has 0 aliphatic heterocycles. The summed E-state index contributed by atoms with van der Waals surface area (Å²) in [7, 11) is -3.60. The number of anilines is 1. The SMILES string of the molecule is Cc1nc(NS(=O)(=O)Cc2cccc(C#N)c2)n[nH]1. The van der Waals surface area contributed by atoms with Crippen LogP contribution in [-0.4, -0.2) is 23.6 Å². The molecular formula is C11H11N5O2S. The van der Waals surface area contributed by atoms with E-state index in [0.717, 1.165) is 0 Å². The van der Waals surface area contributed by atoms with E-state index in [1.165, 1.54) is 6.07 Å². The Hall–Kier alpha value is -2.40. The number of aromatic amines is 1. The number of rotatable bonds is 4. The third kappa shape index (κ3) is 3.53. The third-order valence-electron chi connectivity index (χ3n) is 2.26. The molecule has 0 bridgehead atoms. The van der Waals surface area contributed by atoms with Gasteiger partial charge in [0.2, 0.25) is 10.0 Å². The van der Waals surface area contributed by atoms with E-state index in [0.29, 0.717) is 17.0 Å². The molecule has 19 heavy (non-hydrogen) atoms. The average Bonchev–Trinajstić information content (AvgIpc) is 2.73. The Balaban J connectivity index is 2.15. The smallest absolute Gasteiger partial charge is 0.255 e. The van der Waals surface area contributed by atoms with Gasteiger partial charge in [-0.2, -0.15) is 10.2 Å². The molecule has 1 heterocycles. The van der Waals surface area contributed by atoms with Crippen LogP contribution in [0.5, 0.6) is 0 Å². The number of H-pyrrole nitrogens is 1. The molecule has 2 aromatic rings. The first-order valence-electron chi connectivity index (χ1n) is 5.37. The van der Waals surface area contributed by atoms with Crippen molar-refractivity contribution in [1.82, 2.24) is 15.2 Å². The summed E-state index contributed by atoms with van der Waals surface area (Å²) in [4.78, 5) is 3.86. The first-order valence-corrected chi connectivity index (χ1v) is 7.02. The molecule has 0 fully saturated rings. The molecule has 0 saturated carbocycles. The van der Waals surface area contributed by atoms with E-state index < -0.39 is 10.0 Å². The van der Waals surface area contributed by atoms with Crippen LogP contribution in [0.25, 0.3) is 0 Å². The average molecular weight is 277 g/mol. The minimum Gasteiger partial charge on any atom is -0.261 e. The van der Waals surface area contributed by atoms with Gasteiger partial charge < -0.3 is 0 Å². The van der Waals surface area contributed by atoms with Gasteiger partial charge in [0, 0.05) is 0 Å². The fraction of sp³-hybridized carbons (Fsp3) is 0.182. The molecule has 0 atom stereocenters. The molecule has 98 valence electrons. The van der Waals surface area contributed by atoms with Crippen LogP contribution in [0.4, 0.5) is 5.95 Å². The Bertz CT molecular complexity index is 730. The van der Waals surface area contributed by atoms with E-state index in [1.54, 1.807) is 25.1 Å². The molecule has 0 aliphatic carbocycles. The van der Waals surface area contributed by atoms with E-state index in [1.807, 2.05) is 6.07 Å². The number of aromatic nitrogens is 3. The summed E-state index contributed by atoms with van der Waals surface area (Å²) >= 11 is 0. The quantitative estimate of drug-likeness (QED) is 0.863. The van der Waals surface area contributed by atoms with Crippen LogP contribution in [0.1, 0.15) is 17.0 Å². The summed E-state index contributed by atoms with van der Waals surface area (Å²) in [5.41, 5.74) is 0.945. The highest BCUT2D eigenvalue weighted by atomic mass is 32.2. The molecule has 0 spiro atoms. The van der Waals surface area contributed by atoms with Gasteiger partial charge in [-0.1, -0.05) is 12.1 Å². The summed E-state index contributed by atoms with van der Waals surface area (Å²) in [5, 5.41) is 15.0. The van der Waals surface area contributed by atoms with Crippen LogP contribution in [0.2, 0.25) is 0 Å². The van der Waals surface area contributed by atoms with Crippen molar-refractivity contribution in [1.29, 1.82) is 5.26 Å². The Labute approximate surface area is 110 Å². The molecule has 0 unspecified atom stereocenters. The van der Waals surface area contributed by atoms with Crippen LogP contribution >= 0.6 is 0 Å². The van der Waals surface area contributed by atoms with E-state index in [-0.39, 0.29) is 11.7 Å². The lowest BCUT2D eigenvalue weighted by atomic mass is 10.2. The molecule has 8 heteroatoms. The van der Waals surface area contributed by atoms with Gasteiger partial charge in [0.15, 0.2) is 0 Å². The Morgan fingerprint density at radius 2 is 2.26 bits per heavy atom. The summed E-state index contributed by atoms with van der Waals surface area (Å²) in [6, 6.07) is 8.39. The molecule has 0 amide bonds. The minimum absolute atomic E-state index is 0.00828. The van der Waals surface area contributed by atoms with Crippen molar-refractivity contribution in [3.63, 3.8) is 0 Å². The van der Waals surface area contributed by atoms with Crippen molar-refractivity contribution in [3.8, 4) is 6.07 Å². The number of hydrogen-bond acceptors (Lipinski definition) is 5. The predicted octanol–water partition coefficient (Wildman–Crippen LogP) is 0.927. The van der Waals surface area contributed by atoms with Crippen LogP contribution < -0.4 is 4.72 Å². The van der Waals surface area contributed by atoms with Gasteiger partial charge >= 0.3 is 0 Å². The third-order valence-corrected chi connectivity index (χ3v) is 3.46. The van der Waals surface area contributed by atoms with Crippen molar-refractivity contribution >= 4 is 16.0 Å². The zero-order valence-electron chi connectivity index (χ0n) is 10.1. The molecule has 0 radical (unpaired) electrons. The lowest BCUT2D eigenvalue weighted by molar-refractivity contribution is 0.600. The molecule has 1 aromatic heterocycles. The van der Waals surface area contributed by atoms with Gasteiger partial charge in [0.05, 0.1) is 17.4 Å². The van der Waals surface area contributed by atoms with Crippen LogP contribution in [0, 0.1) is 18.3 Å². The van der Waals surface area contributed by atoms with Crippen molar-refractivity contribution in [2.75, 3.05) is 4.72 Å². The second-order valence-electron chi connectivity index (χ2n) is 3.92. The zero-order chi connectivity index (χ0) is 13.9. The first kappa shape index (κ1) is 13.0. The lowest BCUT2D eigenvalue weighted by Crippen LogP contribution is -2.16. The predicted molar refractivity (Wildman–Crippen MR) is 68.5 cm³/mol. The van der Waals surface area contributed by atoms with Gasteiger partial charge in [0.25, 0.3) is 5.95 Å². The number of nitriles is 1. The summed E-state index contributed by atoms with van der Waals surface area (Å²) < 4.78 is 26.0. The monoisotopic (exact) mass is 277 g/mol. The molecule has 1 aromatic carbocycles. The fourth-order valence-electron chi connectivity index (χ4n) is 1.51. The standard InChI is InChI=1S/C11H11N5O2S/c1-8-13-11(15-14-8)16-19(17,18)7-10-4-2-3-9(5-10)6-12/h2-5H,7H2,1H3,(H2,13,14,15,16). The van der Waals surface area contributed by atoms with E-state index >= 15 is 0 Å². The second-order valence-corrected chi connectivity index (χ2v) is 5.64. The molecule has 7 nitrogen and oxygen atoms in total. The van der Waals surface area contributed by atoms with Gasteiger partial charge in [-0.15, -0.1) is 5.10 Å². The topological polar surface area (TPSA) is 112 Å². The van der Waals surface area contributed by atoms with Crippen LogP contribution in [-0.2, 0) is 15.8 Å². The van der Waals surface area contributed by atoms with E-state index in [2.05, 4.69) is 19.9 Å². The summed E-state index contributed by atoms with van der Waals surface area (Å²) in [6.45, 7) is 1.67. The normalized spacial score (nSPS) is 10.9. The molecule has 2 rings (SSSR count). The van der Waals surface area contributed by atoms with Gasteiger partial charge in [-0.3, -0.25) is 5.10 Å². The molecule has 0 aliphatic rings. The molecule has 0 saturated heterocycles.